The summed E-state index contributed by atoms with van der Waals surface area (Å²) < 4.78 is 0. The second-order valence-electron chi connectivity index (χ2n) is 2.91. The molecule has 1 aromatic heterocycles. The Bertz CT molecular complexity index is 316. The van der Waals surface area contributed by atoms with E-state index in [0.29, 0.717) is 0 Å². The van der Waals surface area contributed by atoms with Crippen LogP contribution in [0.5, 0.6) is 0 Å². The molecular weight excluding hydrogens is 178 g/mol. The molecule has 11 heavy (non-hydrogen) atoms. The van der Waals surface area contributed by atoms with Gasteiger partial charge in [0.2, 0.25) is 11.2 Å². The fraction of sp³-hybridized carbons (Fsp3) is 0.375. The van der Waals surface area contributed by atoms with Gasteiger partial charge in [-0.25, -0.2) is 4.98 Å². The predicted molar refractivity (Wildman–Crippen MR) is 40.8 cm³/mol. The topological polar surface area (TPSA) is 14.1 Å². The number of fused-ring (bicyclic) bond motifs is 4. The summed E-state index contributed by atoms with van der Waals surface area (Å²) in [5, 5.41) is 0. The molecule has 1 N–H and O–H groups in total. The Labute approximate surface area is 75.6 Å². The minimum atomic E-state index is 0. The molecule has 0 saturated carbocycles. The van der Waals surface area contributed by atoms with E-state index in [1.165, 1.54) is 18.5 Å². The van der Waals surface area contributed by atoms with Gasteiger partial charge in [0.05, 0.1) is 4.88 Å². The molecule has 0 aliphatic heterocycles. The van der Waals surface area contributed by atoms with Crippen molar-refractivity contribution in [2.75, 3.05) is 0 Å². The summed E-state index contributed by atoms with van der Waals surface area (Å²) in [6, 6.07) is 0. The molecule has 3 heteroatoms. The number of hydrogen-bond acceptors (Lipinski definition) is 1. The lowest BCUT2D eigenvalue weighted by molar-refractivity contribution is -0.377. The van der Waals surface area contributed by atoms with Gasteiger partial charge in [-0.1, -0.05) is 17.4 Å². The Kier molecular flexibility index (Phi) is 1.55. The molecule has 0 spiro atoms. The Morgan fingerprint density at radius 3 is 3.36 bits per heavy atom. The van der Waals surface area contributed by atoms with Gasteiger partial charge < -0.3 is 12.4 Å². The van der Waals surface area contributed by atoms with E-state index >= 15 is 0 Å². The highest BCUT2D eigenvalue weighted by atomic mass is 35.5. The van der Waals surface area contributed by atoms with Crippen molar-refractivity contribution in [3.05, 3.63) is 22.2 Å². The van der Waals surface area contributed by atoms with Crippen molar-refractivity contribution in [3.63, 3.8) is 0 Å². The first-order valence-corrected chi connectivity index (χ1v) is 4.54. The molecule has 0 radical (unpaired) electrons. The summed E-state index contributed by atoms with van der Waals surface area (Å²) in [4.78, 5) is 4.86. The van der Waals surface area contributed by atoms with E-state index in [-0.39, 0.29) is 12.4 Å². The third kappa shape index (κ3) is 0.741. The van der Waals surface area contributed by atoms with Crippen LogP contribution < -0.4 is 17.4 Å². The maximum absolute atomic E-state index is 3.28. The Morgan fingerprint density at radius 2 is 2.45 bits per heavy atom. The molecule has 0 bridgehead atoms. The van der Waals surface area contributed by atoms with Gasteiger partial charge in [-0.15, -0.1) is 0 Å². The van der Waals surface area contributed by atoms with E-state index in [1.54, 1.807) is 10.5 Å². The fourth-order valence-electron chi connectivity index (χ4n) is 1.94. The second kappa shape index (κ2) is 2.32. The van der Waals surface area contributed by atoms with Crippen molar-refractivity contribution in [3.8, 4) is 0 Å². The van der Waals surface area contributed by atoms with Crippen LogP contribution >= 0.6 is 11.3 Å². The third-order valence-corrected chi connectivity index (χ3v) is 3.41. The van der Waals surface area contributed by atoms with Crippen molar-refractivity contribution < 1.29 is 17.4 Å². The third-order valence-electron chi connectivity index (χ3n) is 2.44. The zero-order chi connectivity index (χ0) is 6.55. The van der Waals surface area contributed by atoms with Gasteiger partial charge in [0.1, 0.15) is 0 Å². The highest BCUT2D eigenvalue weighted by Gasteiger charge is 2.41. The molecule has 3 rings (SSSR count). The number of thiazole rings is 1. The number of nitrogens with one attached hydrogen (secondary N) is 1. The number of allylic oxidation sites excluding steroid dienone is 2. The molecule has 58 valence electrons. The highest BCUT2D eigenvalue weighted by Crippen LogP contribution is 2.52. The van der Waals surface area contributed by atoms with Crippen LogP contribution in [0, 0.1) is 0 Å². The standard InChI is InChI=1S/C8H7NS.ClH/c1-2-5-6(3-1)8-7(5)9-4-10-8;/h2,4,6H,1,3H2;1H. The van der Waals surface area contributed by atoms with Gasteiger partial charge in [0.15, 0.2) is 0 Å². The fourth-order valence-corrected chi connectivity index (χ4v) is 2.95. The predicted octanol–water partition coefficient (Wildman–Crippen LogP) is -1.16. The first-order valence-electron chi connectivity index (χ1n) is 3.66. The van der Waals surface area contributed by atoms with Crippen LogP contribution in [-0.4, -0.2) is 0 Å². The maximum Gasteiger partial charge on any atom is 0.223 e. The molecule has 1 unspecified atom stereocenters. The molecule has 1 heterocycles. The first kappa shape index (κ1) is 7.32. The minimum absolute atomic E-state index is 0. The van der Waals surface area contributed by atoms with Crippen molar-refractivity contribution in [2.24, 2.45) is 0 Å². The summed E-state index contributed by atoms with van der Waals surface area (Å²) in [5.41, 5.74) is 5.09. The largest absolute Gasteiger partial charge is 1.00 e. The lowest BCUT2D eigenvalue weighted by Gasteiger charge is -2.18. The Hall–Kier alpha value is -0.340. The number of rotatable bonds is 0. The van der Waals surface area contributed by atoms with E-state index < -0.39 is 0 Å². The number of H-pyrrole nitrogens is 1. The zero-order valence-corrected chi connectivity index (χ0v) is 7.50. The Morgan fingerprint density at radius 1 is 1.55 bits per heavy atom. The van der Waals surface area contributed by atoms with E-state index in [4.69, 9.17) is 0 Å². The van der Waals surface area contributed by atoms with Crippen LogP contribution in [0.15, 0.2) is 11.6 Å². The van der Waals surface area contributed by atoms with Gasteiger partial charge in [0, 0.05) is 11.5 Å². The summed E-state index contributed by atoms with van der Waals surface area (Å²) in [5.74, 6) is 0.825. The maximum atomic E-state index is 3.28. The summed E-state index contributed by atoms with van der Waals surface area (Å²) in [7, 11) is 0. The highest BCUT2D eigenvalue weighted by molar-refractivity contribution is 7.10. The first-order chi connectivity index (χ1) is 4.97. The molecule has 0 aromatic carbocycles. The lowest BCUT2D eigenvalue weighted by atomic mass is 9.85. The van der Waals surface area contributed by atoms with Gasteiger partial charge >= 0.3 is 0 Å². The zero-order valence-electron chi connectivity index (χ0n) is 5.93. The molecule has 1 nitrogen and oxygen atoms in total. The smallest absolute Gasteiger partial charge is 0.223 e. The lowest BCUT2D eigenvalue weighted by Crippen LogP contribution is -3.00. The van der Waals surface area contributed by atoms with Gasteiger partial charge in [-0.3, -0.25) is 0 Å². The van der Waals surface area contributed by atoms with Crippen molar-refractivity contribution in [1.29, 1.82) is 0 Å². The van der Waals surface area contributed by atoms with Crippen LogP contribution in [-0.2, 0) is 0 Å². The van der Waals surface area contributed by atoms with Crippen LogP contribution in [0.2, 0.25) is 0 Å². The SMILES string of the molecule is C1=C2c3[nH+]csc3C2CC1.[Cl-]. The molecule has 2 aliphatic rings. The molecule has 0 fully saturated rings. The Balaban J connectivity index is 0.000000480. The molecule has 0 amide bonds. The molecule has 0 saturated heterocycles. The van der Waals surface area contributed by atoms with Crippen molar-refractivity contribution in [1.82, 2.24) is 0 Å². The van der Waals surface area contributed by atoms with Crippen LogP contribution in [0.1, 0.15) is 29.3 Å². The molecule has 1 atom stereocenters. The number of aromatic nitrogens is 1. The molecular formula is C8H8ClNS. The minimum Gasteiger partial charge on any atom is -1.00 e. The monoisotopic (exact) mass is 185 g/mol. The summed E-state index contributed by atoms with van der Waals surface area (Å²) in [6.07, 6.45) is 5.02. The number of halogens is 1. The molecule has 1 aromatic rings. The normalized spacial score (nSPS) is 24.4. The second-order valence-corrected chi connectivity index (χ2v) is 3.82. The van der Waals surface area contributed by atoms with E-state index in [1.807, 2.05) is 11.3 Å². The quantitative estimate of drug-likeness (QED) is 0.485. The number of aromatic amines is 1. The van der Waals surface area contributed by atoms with Gasteiger partial charge in [0.25, 0.3) is 0 Å². The van der Waals surface area contributed by atoms with Crippen LogP contribution in [0.25, 0.3) is 5.57 Å². The van der Waals surface area contributed by atoms with Crippen molar-refractivity contribution in [2.45, 2.75) is 18.8 Å². The van der Waals surface area contributed by atoms with E-state index in [9.17, 15) is 0 Å². The molecule has 2 aliphatic carbocycles. The van der Waals surface area contributed by atoms with Crippen molar-refractivity contribution >= 4 is 16.9 Å². The average molecular weight is 186 g/mol. The number of hydrogen-bond donors (Lipinski definition) is 0. The van der Waals surface area contributed by atoms with Crippen LogP contribution in [0.4, 0.5) is 0 Å². The summed E-state index contributed by atoms with van der Waals surface area (Å²) >= 11 is 1.87. The summed E-state index contributed by atoms with van der Waals surface area (Å²) in [6.45, 7) is 0. The van der Waals surface area contributed by atoms with Crippen LogP contribution in [0.3, 0.4) is 0 Å². The van der Waals surface area contributed by atoms with E-state index in [2.05, 4.69) is 16.6 Å². The average Bonchev–Trinajstić information content (AvgIpc) is 2.42. The van der Waals surface area contributed by atoms with Gasteiger partial charge in [-0.05, 0) is 12.8 Å². The van der Waals surface area contributed by atoms with Gasteiger partial charge in [-0.2, -0.15) is 0 Å². The van der Waals surface area contributed by atoms with E-state index in [0.717, 1.165) is 5.92 Å².